The van der Waals surface area contributed by atoms with Crippen LogP contribution in [0.15, 0.2) is 164 Å². The first-order valence-corrected chi connectivity index (χ1v) is 14.9. The molecule has 0 spiro atoms. The van der Waals surface area contributed by atoms with Crippen molar-refractivity contribution >= 4 is 17.1 Å². The largest absolute Gasteiger partial charge is 0.381 e. The quantitative estimate of drug-likeness (QED) is 0.131. The third-order valence-electron chi connectivity index (χ3n) is 7.75. The summed E-state index contributed by atoms with van der Waals surface area (Å²) >= 11 is 0. The van der Waals surface area contributed by atoms with Crippen molar-refractivity contribution in [1.82, 2.24) is 0 Å². The molecule has 6 rings (SSSR count). The molecule has 0 saturated carbocycles. The van der Waals surface area contributed by atoms with Crippen LogP contribution in [0.3, 0.4) is 0 Å². The Hall–Kier alpha value is -5.28. The Labute approximate surface area is 255 Å². The minimum Gasteiger partial charge on any atom is -0.381 e. The molecule has 0 aliphatic rings. The third kappa shape index (κ3) is 7.72. The van der Waals surface area contributed by atoms with Crippen molar-refractivity contribution < 1.29 is 0 Å². The lowest BCUT2D eigenvalue weighted by Gasteiger charge is -2.21. The fraction of sp³-hybridized carbons (Fsp3) is 0.100. The normalized spacial score (nSPS) is 10.8. The highest BCUT2D eigenvalue weighted by Gasteiger charge is 2.17. The first kappa shape index (κ1) is 27.9. The van der Waals surface area contributed by atoms with Crippen LogP contribution < -0.4 is 16.0 Å². The van der Waals surface area contributed by atoms with Crippen LogP contribution in [-0.2, 0) is 19.6 Å². The first-order chi connectivity index (χ1) is 21.3. The van der Waals surface area contributed by atoms with Crippen molar-refractivity contribution in [2.24, 2.45) is 0 Å². The van der Waals surface area contributed by atoms with Gasteiger partial charge in [0.05, 0.1) is 0 Å². The summed E-state index contributed by atoms with van der Waals surface area (Å²) in [7, 11) is 0. The molecule has 212 valence electrons. The highest BCUT2D eigenvalue weighted by Crippen LogP contribution is 2.34. The minimum atomic E-state index is 0.120. The molecule has 0 aromatic heterocycles. The number of hydrogen-bond donors (Lipinski definition) is 3. The van der Waals surface area contributed by atoms with Crippen LogP contribution in [0.4, 0.5) is 17.1 Å². The van der Waals surface area contributed by atoms with Crippen LogP contribution in [0.5, 0.6) is 0 Å². The van der Waals surface area contributed by atoms with Gasteiger partial charge in [-0.1, -0.05) is 127 Å². The summed E-state index contributed by atoms with van der Waals surface area (Å²) in [4.78, 5) is 0. The van der Waals surface area contributed by atoms with E-state index in [4.69, 9.17) is 0 Å². The maximum absolute atomic E-state index is 3.56. The lowest BCUT2D eigenvalue weighted by molar-refractivity contribution is 0.975. The van der Waals surface area contributed by atoms with Gasteiger partial charge in [0.25, 0.3) is 0 Å². The van der Waals surface area contributed by atoms with Crippen LogP contribution in [0.25, 0.3) is 0 Å². The van der Waals surface area contributed by atoms with Crippen molar-refractivity contribution in [2.45, 2.75) is 25.6 Å². The van der Waals surface area contributed by atoms with Gasteiger partial charge in [0.15, 0.2) is 0 Å². The number of anilines is 3. The molecule has 0 bridgehead atoms. The summed E-state index contributed by atoms with van der Waals surface area (Å²) in [6.07, 6.45) is 0. The van der Waals surface area contributed by atoms with Crippen molar-refractivity contribution in [2.75, 3.05) is 16.0 Å². The molecule has 3 heteroatoms. The number of nitrogens with one attached hydrogen (secondary N) is 3. The average Bonchev–Trinajstić information content (AvgIpc) is 3.09. The van der Waals surface area contributed by atoms with Gasteiger partial charge in [-0.05, 0) is 69.8 Å². The van der Waals surface area contributed by atoms with E-state index in [2.05, 4.69) is 180 Å². The Bertz CT molecular complexity index is 1460. The molecule has 0 aliphatic carbocycles. The fourth-order valence-electron chi connectivity index (χ4n) is 5.36. The zero-order chi connectivity index (χ0) is 29.1. The first-order valence-electron chi connectivity index (χ1n) is 14.9. The van der Waals surface area contributed by atoms with Crippen molar-refractivity contribution in [3.8, 4) is 0 Å². The molecular weight excluding hydrogens is 522 g/mol. The second-order valence-electron chi connectivity index (χ2n) is 10.8. The van der Waals surface area contributed by atoms with Crippen molar-refractivity contribution in [3.63, 3.8) is 0 Å². The predicted molar refractivity (Wildman–Crippen MR) is 182 cm³/mol. The van der Waals surface area contributed by atoms with E-state index in [1.165, 1.54) is 33.4 Å². The van der Waals surface area contributed by atoms with E-state index in [0.29, 0.717) is 0 Å². The lowest BCUT2D eigenvalue weighted by atomic mass is 9.85. The zero-order valence-corrected chi connectivity index (χ0v) is 24.3. The molecule has 0 amide bonds. The van der Waals surface area contributed by atoms with Gasteiger partial charge in [0.1, 0.15) is 0 Å². The molecule has 6 aromatic rings. The van der Waals surface area contributed by atoms with E-state index in [1.54, 1.807) is 0 Å². The summed E-state index contributed by atoms with van der Waals surface area (Å²) in [5.74, 6) is 0.120. The Morgan fingerprint density at radius 2 is 0.558 bits per heavy atom. The molecule has 0 atom stereocenters. The molecule has 0 aliphatic heterocycles. The van der Waals surface area contributed by atoms with Crippen molar-refractivity contribution in [1.29, 1.82) is 0 Å². The maximum atomic E-state index is 3.56. The summed E-state index contributed by atoms with van der Waals surface area (Å²) < 4.78 is 0. The summed E-state index contributed by atoms with van der Waals surface area (Å²) in [5.41, 5.74) is 11.0. The second kappa shape index (κ2) is 14.1. The summed E-state index contributed by atoms with van der Waals surface area (Å²) in [5, 5.41) is 10.7. The molecular formula is C40H37N3. The highest BCUT2D eigenvalue weighted by molar-refractivity contribution is 5.55. The summed E-state index contributed by atoms with van der Waals surface area (Å²) in [6, 6.07) is 58.2. The second-order valence-corrected chi connectivity index (χ2v) is 10.8. The minimum absolute atomic E-state index is 0.120. The van der Waals surface area contributed by atoms with E-state index in [0.717, 1.165) is 36.7 Å². The Morgan fingerprint density at radius 1 is 0.302 bits per heavy atom. The molecule has 0 radical (unpaired) electrons. The Kier molecular flexibility index (Phi) is 9.11. The van der Waals surface area contributed by atoms with Gasteiger partial charge in [-0.15, -0.1) is 0 Å². The van der Waals surface area contributed by atoms with Crippen LogP contribution in [0, 0.1) is 0 Å². The third-order valence-corrected chi connectivity index (χ3v) is 7.75. The van der Waals surface area contributed by atoms with Crippen LogP contribution in [0.2, 0.25) is 0 Å². The zero-order valence-electron chi connectivity index (χ0n) is 24.3. The number of benzene rings is 6. The Balaban J connectivity index is 1.21. The van der Waals surface area contributed by atoms with Crippen LogP contribution in [-0.4, -0.2) is 0 Å². The molecule has 3 nitrogen and oxygen atoms in total. The van der Waals surface area contributed by atoms with Crippen LogP contribution >= 0.6 is 0 Å². The van der Waals surface area contributed by atoms with Gasteiger partial charge in [-0.25, -0.2) is 0 Å². The topological polar surface area (TPSA) is 36.1 Å². The monoisotopic (exact) mass is 559 g/mol. The van der Waals surface area contributed by atoms with Crippen LogP contribution in [0.1, 0.15) is 39.3 Å². The van der Waals surface area contributed by atoms with E-state index >= 15 is 0 Å². The summed E-state index contributed by atoms with van der Waals surface area (Å²) in [6.45, 7) is 2.41. The average molecular weight is 560 g/mol. The molecule has 43 heavy (non-hydrogen) atoms. The van der Waals surface area contributed by atoms with Gasteiger partial charge in [0.2, 0.25) is 0 Å². The van der Waals surface area contributed by atoms with Crippen molar-refractivity contribution in [3.05, 3.63) is 197 Å². The molecule has 6 aromatic carbocycles. The number of rotatable bonds is 12. The smallest absolute Gasteiger partial charge is 0.0400 e. The van der Waals surface area contributed by atoms with E-state index in [1.807, 2.05) is 0 Å². The van der Waals surface area contributed by atoms with Gasteiger partial charge in [0, 0.05) is 42.6 Å². The van der Waals surface area contributed by atoms with Gasteiger partial charge in [-0.2, -0.15) is 0 Å². The van der Waals surface area contributed by atoms with Gasteiger partial charge in [-0.3, -0.25) is 0 Å². The number of hydrogen-bond acceptors (Lipinski definition) is 3. The lowest BCUT2D eigenvalue weighted by Crippen LogP contribution is -2.06. The fourth-order valence-corrected chi connectivity index (χ4v) is 5.36. The molecule has 0 unspecified atom stereocenters. The van der Waals surface area contributed by atoms with E-state index in [9.17, 15) is 0 Å². The van der Waals surface area contributed by atoms with E-state index in [-0.39, 0.29) is 5.92 Å². The van der Waals surface area contributed by atoms with E-state index < -0.39 is 0 Å². The molecule has 0 saturated heterocycles. The maximum Gasteiger partial charge on any atom is 0.0400 e. The van der Waals surface area contributed by atoms with Gasteiger partial charge < -0.3 is 16.0 Å². The highest BCUT2D eigenvalue weighted by atomic mass is 14.9. The predicted octanol–water partition coefficient (Wildman–Crippen LogP) is 9.70. The molecule has 3 N–H and O–H groups in total. The SMILES string of the molecule is c1ccc(CNc2ccc(C(c3ccc(NCc4ccccc4)cc3)c3ccc(NCc4ccccc4)cc3)cc2)cc1. The standard InChI is InChI=1S/C40H37N3/c1-4-10-31(11-5-1)28-41-37-22-16-34(17-23-37)40(35-18-24-38(25-19-35)42-29-32-12-6-2-7-13-32)36-20-26-39(27-21-36)43-30-33-14-8-3-9-15-33/h1-27,40-43H,28-30H2. The molecule has 0 fully saturated rings. The molecule has 0 heterocycles. The Morgan fingerprint density at radius 3 is 0.814 bits per heavy atom. The van der Waals surface area contributed by atoms with Gasteiger partial charge >= 0.3 is 0 Å².